The number of hydrogen-bond donors (Lipinski definition) is 1. The van der Waals surface area contributed by atoms with Gasteiger partial charge in [0.15, 0.2) is 0 Å². The lowest BCUT2D eigenvalue weighted by atomic mass is 10.0. The van der Waals surface area contributed by atoms with Crippen LogP contribution in [0.4, 0.5) is 0 Å². The zero-order valence-electron chi connectivity index (χ0n) is 20.2. The molecular weight excluding hydrogens is 460 g/mol. The number of methoxy groups -OCH3 is 1. The molecule has 0 spiro atoms. The number of carbonyl (C=O) groups is 2. The fraction of sp³-hybridized carbons (Fsp3) is 0.241. The predicted molar refractivity (Wildman–Crippen MR) is 140 cm³/mol. The van der Waals surface area contributed by atoms with Gasteiger partial charge in [-0.05, 0) is 80.3 Å². The molecule has 1 heterocycles. The molecule has 1 amide bonds. The van der Waals surface area contributed by atoms with Crippen LogP contribution in [0.25, 0.3) is 10.9 Å². The smallest absolute Gasteiger partial charge is 0.262 e. The monoisotopic (exact) mass is 488 g/mol. The Morgan fingerprint density at radius 2 is 1.74 bits per heavy atom. The van der Waals surface area contributed by atoms with Crippen LogP contribution < -0.4 is 10.1 Å². The number of hydrogen-bond acceptors (Lipinski definition) is 3. The van der Waals surface area contributed by atoms with Gasteiger partial charge in [-0.3, -0.25) is 14.2 Å². The SMILES string of the molecule is COc1ccc2c(c1)c(CC(=O)N[C@@H](C)CCc1ccccc1)c(C)n2C(=O)c1ccc(Cl)cc1. The van der Waals surface area contributed by atoms with E-state index in [4.69, 9.17) is 16.3 Å². The number of nitrogens with zero attached hydrogens (tertiary/aromatic N) is 1. The molecule has 5 nitrogen and oxygen atoms in total. The molecule has 0 bridgehead atoms. The first kappa shape index (κ1) is 24.6. The number of carbonyl (C=O) groups excluding carboxylic acids is 2. The van der Waals surface area contributed by atoms with Crippen molar-refractivity contribution in [3.05, 3.63) is 100 Å². The molecule has 0 saturated heterocycles. The lowest BCUT2D eigenvalue weighted by molar-refractivity contribution is -0.121. The van der Waals surface area contributed by atoms with E-state index in [2.05, 4.69) is 17.4 Å². The Morgan fingerprint density at radius 1 is 1.03 bits per heavy atom. The molecule has 0 fully saturated rings. The van der Waals surface area contributed by atoms with Gasteiger partial charge in [-0.1, -0.05) is 41.9 Å². The van der Waals surface area contributed by atoms with E-state index in [1.165, 1.54) is 5.56 Å². The molecule has 1 aromatic heterocycles. The summed E-state index contributed by atoms with van der Waals surface area (Å²) in [6.45, 7) is 3.89. The van der Waals surface area contributed by atoms with Gasteiger partial charge in [0.25, 0.3) is 5.91 Å². The van der Waals surface area contributed by atoms with Crippen LogP contribution in [-0.4, -0.2) is 29.5 Å². The molecule has 1 N–H and O–H groups in total. The lowest BCUT2D eigenvalue weighted by Gasteiger charge is -2.14. The molecule has 0 aliphatic rings. The van der Waals surface area contributed by atoms with Gasteiger partial charge in [0.1, 0.15) is 5.75 Å². The largest absolute Gasteiger partial charge is 0.497 e. The van der Waals surface area contributed by atoms with E-state index in [9.17, 15) is 9.59 Å². The van der Waals surface area contributed by atoms with E-state index in [0.717, 1.165) is 35.0 Å². The first-order valence-corrected chi connectivity index (χ1v) is 12.1. The third kappa shape index (κ3) is 5.57. The number of aromatic nitrogens is 1. The van der Waals surface area contributed by atoms with Crippen molar-refractivity contribution in [2.24, 2.45) is 0 Å². The molecule has 3 aromatic carbocycles. The van der Waals surface area contributed by atoms with Crippen LogP contribution in [0.2, 0.25) is 5.02 Å². The van der Waals surface area contributed by atoms with E-state index >= 15 is 0 Å². The Morgan fingerprint density at radius 3 is 2.43 bits per heavy atom. The van der Waals surface area contributed by atoms with Crippen molar-refractivity contribution in [2.75, 3.05) is 7.11 Å². The van der Waals surface area contributed by atoms with E-state index in [-0.39, 0.29) is 24.3 Å². The summed E-state index contributed by atoms with van der Waals surface area (Å²) < 4.78 is 7.08. The number of amides is 1. The Kier molecular flexibility index (Phi) is 7.57. The molecule has 35 heavy (non-hydrogen) atoms. The number of nitrogens with one attached hydrogen (secondary N) is 1. The Balaban J connectivity index is 1.59. The quantitative estimate of drug-likeness (QED) is 0.332. The Labute approximate surface area is 210 Å². The van der Waals surface area contributed by atoms with Crippen molar-refractivity contribution >= 4 is 34.3 Å². The molecule has 0 unspecified atom stereocenters. The first-order valence-electron chi connectivity index (χ1n) is 11.7. The molecule has 4 aromatic rings. The van der Waals surface area contributed by atoms with E-state index in [1.807, 2.05) is 50.2 Å². The van der Waals surface area contributed by atoms with Crippen LogP contribution >= 0.6 is 11.6 Å². The van der Waals surface area contributed by atoms with Crippen LogP contribution in [-0.2, 0) is 17.6 Å². The van der Waals surface area contributed by atoms with Gasteiger partial charge in [-0.15, -0.1) is 0 Å². The maximum Gasteiger partial charge on any atom is 0.262 e. The fourth-order valence-electron chi connectivity index (χ4n) is 4.38. The van der Waals surface area contributed by atoms with E-state index in [1.54, 1.807) is 35.9 Å². The standard InChI is InChI=1S/C29H29ClN2O3/c1-19(9-10-21-7-5-4-6-8-21)31-28(33)18-25-20(2)32(27-16-15-24(35-3)17-26(25)27)29(34)22-11-13-23(30)14-12-22/h4-8,11-17,19H,9-10,18H2,1-3H3,(H,31,33)/t19-/m0/s1. The Bertz CT molecular complexity index is 1340. The summed E-state index contributed by atoms with van der Waals surface area (Å²) >= 11 is 6.01. The maximum absolute atomic E-state index is 13.4. The van der Waals surface area contributed by atoms with Gasteiger partial charge in [0.05, 0.1) is 19.0 Å². The minimum absolute atomic E-state index is 0.0293. The van der Waals surface area contributed by atoms with Crippen molar-refractivity contribution in [1.29, 1.82) is 0 Å². The molecule has 180 valence electrons. The number of fused-ring (bicyclic) bond motifs is 1. The molecule has 0 aliphatic heterocycles. The Hall–Kier alpha value is -3.57. The van der Waals surface area contributed by atoms with Crippen molar-refractivity contribution in [1.82, 2.24) is 9.88 Å². The van der Waals surface area contributed by atoms with Gasteiger partial charge in [-0.2, -0.15) is 0 Å². The second kappa shape index (κ2) is 10.8. The summed E-state index contributed by atoms with van der Waals surface area (Å²) in [5.41, 5.74) is 4.06. The molecule has 0 radical (unpaired) electrons. The average molecular weight is 489 g/mol. The third-order valence-electron chi connectivity index (χ3n) is 6.29. The summed E-state index contributed by atoms with van der Waals surface area (Å²) in [7, 11) is 1.60. The van der Waals surface area contributed by atoms with Crippen molar-refractivity contribution in [3.8, 4) is 5.75 Å². The zero-order chi connectivity index (χ0) is 24.9. The molecule has 1 atom stereocenters. The summed E-state index contributed by atoms with van der Waals surface area (Å²) in [6, 6.07) is 22.6. The van der Waals surface area contributed by atoms with E-state index < -0.39 is 0 Å². The van der Waals surface area contributed by atoms with Gasteiger partial charge in [-0.25, -0.2) is 0 Å². The highest BCUT2D eigenvalue weighted by Gasteiger charge is 2.22. The minimum Gasteiger partial charge on any atom is -0.497 e. The zero-order valence-corrected chi connectivity index (χ0v) is 20.9. The van der Waals surface area contributed by atoms with E-state index in [0.29, 0.717) is 16.3 Å². The van der Waals surface area contributed by atoms with Crippen LogP contribution in [0.3, 0.4) is 0 Å². The van der Waals surface area contributed by atoms with Gasteiger partial charge in [0, 0.05) is 27.7 Å². The molecule has 0 saturated carbocycles. The van der Waals surface area contributed by atoms with Gasteiger partial charge >= 0.3 is 0 Å². The number of rotatable bonds is 8. The third-order valence-corrected chi connectivity index (χ3v) is 6.54. The first-order chi connectivity index (χ1) is 16.9. The molecular formula is C29H29ClN2O3. The predicted octanol–water partition coefficient (Wildman–Crippen LogP) is 5.98. The maximum atomic E-state index is 13.4. The van der Waals surface area contributed by atoms with Crippen LogP contribution in [0.1, 0.15) is 40.5 Å². The second-order valence-electron chi connectivity index (χ2n) is 8.76. The highest BCUT2D eigenvalue weighted by atomic mass is 35.5. The number of benzene rings is 3. The number of aryl methyl sites for hydroxylation is 1. The van der Waals surface area contributed by atoms with Gasteiger partial charge in [0.2, 0.25) is 5.91 Å². The van der Waals surface area contributed by atoms with Crippen LogP contribution in [0.5, 0.6) is 5.75 Å². The van der Waals surface area contributed by atoms with Crippen molar-refractivity contribution < 1.29 is 14.3 Å². The molecule has 6 heteroatoms. The number of halogens is 1. The minimum atomic E-state index is -0.169. The number of ether oxygens (including phenoxy) is 1. The van der Waals surface area contributed by atoms with Crippen molar-refractivity contribution in [3.63, 3.8) is 0 Å². The highest BCUT2D eigenvalue weighted by Crippen LogP contribution is 2.31. The summed E-state index contributed by atoms with van der Waals surface area (Å²) in [5.74, 6) is 0.429. The topological polar surface area (TPSA) is 60.3 Å². The second-order valence-corrected chi connectivity index (χ2v) is 9.20. The summed E-state index contributed by atoms with van der Waals surface area (Å²) in [5, 5.41) is 4.51. The van der Waals surface area contributed by atoms with Gasteiger partial charge < -0.3 is 10.1 Å². The highest BCUT2D eigenvalue weighted by molar-refractivity contribution is 6.30. The lowest BCUT2D eigenvalue weighted by Crippen LogP contribution is -2.34. The summed E-state index contributed by atoms with van der Waals surface area (Å²) in [6.07, 6.45) is 1.92. The molecule has 0 aliphatic carbocycles. The summed E-state index contributed by atoms with van der Waals surface area (Å²) in [4.78, 5) is 26.5. The van der Waals surface area contributed by atoms with Crippen LogP contribution in [0.15, 0.2) is 72.8 Å². The molecule has 4 rings (SSSR count). The van der Waals surface area contributed by atoms with Crippen LogP contribution in [0, 0.1) is 6.92 Å². The normalized spacial score (nSPS) is 11.9. The average Bonchev–Trinajstić information content (AvgIpc) is 3.13. The van der Waals surface area contributed by atoms with Crippen molar-refractivity contribution in [2.45, 2.75) is 39.2 Å². The fourth-order valence-corrected chi connectivity index (χ4v) is 4.51.